The van der Waals surface area contributed by atoms with E-state index < -0.39 is 0 Å². The summed E-state index contributed by atoms with van der Waals surface area (Å²) < 4.78 is 12.3. The van der Waals surface area contributed by atoms with Crippen molar-refractivity contribution in [1.29, 1.82) is 0 Å². The third kappa shape index (κ3) is 4.22. The van der Waals surface area contributed by atoms with Crippen molar-refractivity contribution in [3.63, 3.8) is 0 Å². The summed E-state index contributed by atoms with van der Waals surface area (Å²) in [7, 11) is 1.95. The highest BCUT2D eigenvalue weighted by molar-refractivity contribution is 9.10. The van der Waals surface area contributed by atoms with Gasteiger partial charge in [-0.1, -0.05) is 12.1 Å². The van der Waals surface area contributed by atoms with Crippen molar-refractivity contribution in [2.24, 2.45) is 0 Å². The third-order valence-electron chi connectivity index (χ3n) is 3.23. The van der Waals surface area contributed by atoms with E-state index in [0.29, 0.717) is 12.6 Å². The van der Waals surface area contributed by atoms with Gasteiger partial charge >= 0.3 is 0 Å². The summed E-state index contributed by atoms with van der Waals surface area (Å²) in [6.45, 7) is 4.73. The molecule has 0 saturated heterocycles. The molecule has 0 aliphatic carbocycles. The van der Waals surface area contributed by atoms with Crippen LogP contribution in [0.3, 0.4) is 0 Å². The fourth-order valence-corrected chi connectivity index (χ4v) is 2.43. The van der Waals surface area contributed by atoms with E-state index in [2.05, 4.69) is 40.3 Å². The summed E-state index contributed by atoms with van der Waals surface area (Å²) in [5.74, 6) is 2.36. The molecule has 0 saturated carbocycles. The number of nitrogens with one attached hydrogen (secondary N) is 1. The Morgan fingerprint density at radius 3 is 2.57 bits per heavy atom. The van der Waals surface area contributed by atoms with E-state index in [1.54, 1.807) is 0 Å². The first kappa shape index (κ1) is 15.9. The second-order valence-electron chi connectivity index (χ2n) is 4.71. The van der Waals surface area contributed by atoms with E-state index in [0.717, 1.165) is 21.7 Å². The molecule has 0 amide bonds. The predicted octanol–water partition coefficient (Wildman–Crippen LogP) is 4.92. The molecule has 0 aliphatic rings. The number of ether oxygens (including phenoxy) is 2. The van der Waals surface area contributed by atoms with Gasteiger partial charge in [0.25, 0.3) is 0 Å². The molecule has 2 aromatic rings. The molecule has 0 bridgehead atoms. The van der Waals surface area contributed by atoms with E-state index in [4.69, 9.17) is 9.47 Å². The highest BCUT2D eigenvalue weighted by Crippen LogP contribution is 2.33. The molecule has 3 nitrogen and oxygen atoms in total. The molecule has 2 rings (SSSR count). The van der Waals surface area contributed by atoms with E-state index in [-0.39, 0.29) is 0 Å². The average molecular weight is 350 g/mol. The highest BCUT2D eigenvalue weighted by atomic mass is 79.9. The zero-order valence-corrected chi connectivity index (χ0v) is 14.1. The van der Waals surface area contributed by atoms with Crippen molar-refractivity contribution >= 4 is 15.9 Å². The van der Waals surface area contributed by atoms with Crippen LogP contribution in [0.1, 0.15) is 25.5 Å². The molecular weight excluding hydrogens is 330 g/mol. The van der Waals surface area contributed by atoms with Gasteiger partial charge in [0.2, 0.25) is 0 Å². The Labute approximate surface area is 134 Å². The van der Waals surface area contributed by atoms with Gasteiger partial charge in [-0.2, -0.15) is 0 Å². The van der Waals surface area contributed by atoms with Crippen molar-refractivity contribution in [3.05, 3.63) is 52.5 Å². The average Bonchev–Trinajstić information content (AvgIpc) is 2.49. The molecule has 21 heavy (non-hydrogen) atoms. The molecule has 0 heterocycles. The number of rotatable bonds is 6. The standard InChI is InChI=1S/C17H20BrNO2/c1-4-20-14-6-5-7-15(11-14)21-17-9-8-13(10-16(17)18)12(2)19-3/h5-12,19H,4H2,1-3H3. The predicted molar refractivity (Wildman–Crippen MR) is 89.3 cm³/mol. The zero-order valence-electron chi connectivity index (χ0n) is 12.5. The number of hydrogen-bond donors (Lipinski definition) is 1. The van der Waals surface area contributed by atoms with E-state index in [1.807, 2.05) is 44.3 Å². The first-order chi connectivity index (χ1) is 10.1. The van der Waals surface area contributed by atoms with Crippen molar-refractivity contribution < 1.29 is 9.47 Å². The molecule has 0 aromatic heterocycles. The van der Waals surface area contributed by atoms with Crippen LogP contribution in [0.4, 0.5) is 0 Å². The van der Waals surface area contributed by atoms with Crippen molar-refractivity contribution in [3.8, 4) is 17.2 Å². The normalized spacial score (nSPS) is 12.0. The first-order valence-electron chi connectivity index (χ1n) is 7.01. The van der Waals surface area contributed by atoms with Crippen LogP contribution in [0.15, 0.2) is 46.9 Å². The van der Waals surface area contributed by atoms with Crippen LogP contribution in [-0.4, -0.2) is 13.7 Å². The molecule has 0 fully saturated rings. The molecule has 2 aromatic carbocycles. The Hall–Kier alpha value is -1.52. The second kappa shape index (κ2) is 7.48. The van der Waals surface area contributed by atoms with Gasteiger partial charge in [-0.15, -0.1) is 0 Å². The zero-order chi connectivity index (χ0) is 15.2. The molecule has 0 aliphatic heterocycles. The van der Waals surface area contributed by atoms with E-state index in [9.17, 15) is 0 Å². The van der Waals surface area contributed by atoms with Crippen molar-refractivity contribution in [1.82, 2.24) is 5.32 Å². The van der Waals surface area contributed by atoms with Crippen LogP contribution in [0.2, 0.25) is 0 Å². The quantitative estimate of drug-likeness (QED) is 0.802. The molecule has 1 atom stereocenters. The van der Waals surface area contributed by atoms with Crippen molar-refractivity contribution in [2.45, 2.75) is 19.9 Å². The lowest BCUT2D eigenvalue weighted by molar-refractivity contribution is 0.338. The Bertz CT molecular complexity index is 601. The minimum Gasteiger partial charge on any atom is -0.494 e. The van der Waals surface area contributed by atoms with Gasteiger partial charge in [-0.05, 0) is 66.7 Å². The largest absolute Gasteiger partial charge is 0.494 e. The monoisotopic (exact) mass is 349 g/mol. The fourth-order valence-electron chi connectivity index (χ4n) is 1.96. The minimum absolute atomic E-state index is 0.302. The van der Waals surface area contributed by atoms with Gasteiger partial charge in [0.1, 0.15) is 17.2 Å². The maximum absolute atomic E-state index is 5.92. The Kier molecular flexibility index (Phi) is 5.65. The third-order valence-corrected chi connectivity index (χ3v) is 3.85. The lowest BCUT2D eigenvalue weighted by Gasteiger charge is -2.14. The smallest absolute Gasteiger partial charge is 0.141 e. The number of benzene rings is 2. The molecular formula is C17H20BrNO2. The minimum atomic E-state index is 0.302. The van der Waals surface area contributed by atoms with Crippen LogP contribution in [0, 0.1) is 0 Å². The molecule has 0 spiro atoms. The van der Waals surface area contributed by atoms with E-state index in [1.165, 1.54) is 5.56 Å². The summed E-state index contributed by atoms with van der Waals surface area (Å²) in [5, 5.41) is 3.22. The summed E-state index contributed by atoms with van der Waals surface area (Å²) in [6, 6.07) is 14.1. The highest BCUT2D eigenvalue weighted by Gasteiger charge is 2.08. The van der Waals surface area contributed by atoms with Crippen LogP contribution in [0.25, 0.3) is 0 Å². The van der Waals surface area contributed by atoms with Crippen molar-refractivity contribution in [2.75, 3.05) is 13.7 Å². The van der Waals surface area contributed by atoms with Gasteiger partial charge < -0.3 is 14.8 Å². The molecule has 1 unspecified atom stereocenters. The van der Waals surface area contributed by atoms with Crippen LogP contribution in [0.5, 0.6) is 17.2 Å². The van der Waals surface area contributed by atoms with Gasteiger partial charge in [0, 0.05) is 12.1 Å². The molecule has 1 N–H and O–H groups in total. The second-order valence-corrected chi connectivity index (χ2v) is 5.56. The van der Waals surface area contributed by atoms with Crippen LogP contribution >= 0.6 is 15.9 Å². The molecule has 4 heteroatoms. The first-order valence-corrected chi connectivity index (χ1v) is 7.80. The lowest BCUT2D eigenvalue weighted by atomic mass is 10.1. The van der Waals surface area contributed by atoms with Crippen LogP contribution in [-0.2, 0) is 0 Å². The summed E-state index contributed by atoms with van der Waals surface area (Å²) in [6.07, 6.45) is 0. The van der Waals surface area contributed by atoms with Gasteiger partial charge in [0.05, 0.1) is 11.1 Å². The maximum atomic E-state index is 5.92. The fraction of sp³-hybridized carbons (Fsp3) is 0.294. The van der Waals surface area contributed by atoms with Gasteiger partial charge in [-0.3, -0.25) is 0 Å². The summed E-state index contributed by atoms with van der Waals surface area (Å²) in [4.78, 5) is 0. The SMILES string of the molecule is CCOc1cccc(Oc2ccc(C(C)NC)cc2Br)c1. The van der Waals surface area contributed by atoms with Gasteiger partial charge in [0.15, 0.2) is 0 Å². The lowest BCUT2D eigenvalue weighted by Crippen LogP contribution is -2.12. The Balaban J connectivity index is 2.18. The topological polar surface area (TPSA) is 30.5 Å². The number of hydrogen-bond acceptors (Lipinski definition) is 3. The molecule has 112 valence electrons. The Morgan fingerprint density at radius 2 is 1.90 bits per heavy atom. The summed E-state index contributed by atoms with van der Waals surface area (Å²) in [5.41, 5.74) is 1.21. The van der Waals surface area contributed by atoms with Gasteiger partial charge in [-0.25, -0.2) is 0 Å². The summed E-state index contributed by atoms with van der Waals surface area (Å²) >= 11 is 3.57. The molecule has 0 radical (unpaired) electrons. The number of halogens is 1. The Morgan fingerprint density at radius 1 is 1.14 bits per heavy atom. The van der Waals surface area contributed by atoms with Crippen LogP contribution < -0.4 is 14.8 Å². The van der Waals surface area contributed by atoms with E-state index >= 15 is 0 Å². The maximum Gasteiger partial charge on any atom is 0.141 e.